The fourth-order valence-electron chi connectivity index (χ4n) is 2.61. The molecule has 3 rings (SSSR count). The Morgan fingerprint density at radius 3 is 2.67 bits per heavy atom. The van der Waals surface area contributed by atoms with Crippen molar-refractivity contribution >= 4 is 17.2 Å². The number of benzene rings is 1. The predicted molar refractivity (Wildman–Crippen MR) is 98.4 cm³/mol. The van der Waals surface area contributed by atoms with Crippen molar-refractivity contribution < 1.29 is 19.0 Å². The number of carbonyl (C=O) groups excluding carboxylic acids is 1. The summed E-state index contributed by atoms with van der Waals surface area (Å²) in [6.45, 7) is 0. The minimum absolute atomic E-state index is 0.124. The van der Waals surface area contributed by atoms with Crippen LogP contribution in [0.5, 0.6) is 17.4 Å². The van der Waals surface area contributed by atoms with E-state index in [1.807, 2.05) is 0 Å². The first-order chi connectivity index (χ1) is 13.1. The number of methoxy groups -OCH3 is 3. The predicted octanol–water partition coefficient (Wildman–Crippen LogP) is 2.11. The fourth-order valence-corrected chi connectivity index (χ4v) is 2.61. The van der Waals surface area contributed by atoms with E-state index in [0.29, 0.717) is 53.8 Å². The van der Waals surface area contributed by atoms with Gasteiger partial charge in [0.2, 0.25) is 11.8 Å². The molecule has 0 atom stereocenters. The van der Waals surface area contributed by atoms with Gasteiger partial charge in [-0.1, -0.05) is 0 Å². The highest BCUT2D eigenvalue weighted by atomic mass is 16.5. The Bertz CT molecular complexity index is 941. The maximum absolute atomic E-state index is 12.3. The molecule has 0 aliphatic rings. The number of fused-ring (bicyclic) bond motifs is 1. The second-order valence-electron chi connectivity index (χ2n) is 5.73. The number of hydrogen-bond acceptors (Lipinski definition) is 7. The zero-order valence-corrected chi connectivity index (χ0v) is 15.4. The number of nitrogens with zero attached hydrogens (tertiary/aromatic N) is 4. The molecule has 27 heavy (non-hydrogen) atoms. The first-order valence-electron chi connectivity index (χ1n) is 8.42. The van der Waals surface area contributed by atoms with Crippen molar-refractivity contribution in [1.82, 2.24) is 19.8 Å². The van der Waals surface area contributed by atoms with Crippen LogP contribution in [0.15, 0.2) is 30.3 Å². The smallest absolute Gasteiger partial charge is 0.231 e. The lowest BCUT2D eigenvalue weighted by molar-refractivity contribution is -0.116. The van der Waals surface area contributed by atoms with Crippen LogP contribution in [0.1, 0.15) is 18.7 Å². The number of ether oxygens (including phenoxy) is 3. The van der Waals surface area contributed by atoms with E-state index in [1.165, 1.54) is 0 Å². The van der Waals surface area contributed by atoms with Crippen LogP contribution in [0.4, 0.5) is 5.69 Å². The topological polar surface area (TPSA) is 99.9 Å². The van der Waals surface area contributed by atoms with Gasteiger partial charge in [-0.2, -0.15) is 4.52 Å². The van der Waals surface area contributed by atoms with Crippen LogP contribution in [-0.4, -0.2) is 47.0 Å². The summed E-state index contributed by atoms with van der Waals surface area (Å²) in [6, 6.07) is 8.74. The molecule has 1 amide bonds. The Morgan fingerprint density at radius 1 is 1.07 bits per heavy atom. The minimum atomic E-state index is -0.124. The van der Waals surface area contributed by atoms with E-state index in [-0.39, 0.29) is 5.91 Å². The molecule has 0 saturated carbocycles. The van der Waals surface area contributed by atoms with E-state index in [1.54, 1.807) is 56.2 Å². The highest BCUT2D eigenvalue weighted by Gasteiger charge is 2.11. The lowest BCUT2D eigenvalue weighted by Gasteiger charge is -2.11. The minimum Gasteiger partial charge on any atom is -0.497 e. The van der Waals surface area contributed by atoms with Gasteiger partial charge in [-0.15, -0.1) is 15.3 Å². The maximum Gasteiger partial charge on any atom is 0.231 e. The van der Waals surface area contributed by atoms with Gasteiger partial charge in [0, 0.05) is 25.0 Å². The van der Waals surface area contributed by atoms with Gasteiger partial charge in [-0.3, -0.25) is 4.79 Å². The Morgan fingerprint density at radius 2 is 1.93 bits per heavy atom. The first-order valence-corrected chi connectivity index (χ1v) is 8.42. The summed E-state index contributed by atoms with van der Waals surface area (Å²) in [5, 5.41) is 15.3. The maximum atomic E-state index is 12.3. The van der Waals surface area contributed by atoms with Crippen molar-refractivity contribution in [2.24, 2.45) is 0 Å². The molecule has 1 aromatic carbocycles. The zero-order chi connectivity index (χ0) is 19.2. The molecular weight excluding hydrogens is 350 g/mol. The number of nitrogens with one attached hydrogen (secondary N) is 1. The molecular formula is C18H21N5O4. The first kappa shape index (κ1) is 18.4. The van der Waals surface area contributed by atoms with Gasteiger partial charge in [-0.25, -0.2) is 0 Å². The molecule has 142 valence electrons. The summed E-state index contributed by atoms with van der Waals surface area (Å²) >= 11 is 0. The lowest BCUT2D eigenvalue weighted by atomic mass is 10.2. The summed E-state index contributed by atoms with van der Waals surface area (Å²) in [5.74, 6) is 2.24. The number of rotatable bonds is 8. The molecule has 3 aromatic rings. The fraction of sp³-hybridized carbons (Fsp3) is 0.333. The number of amides is 1. The molecule has 9 nitrogen and oxygen atoms in total. The van der Waals surface area contributed by atoms with Crippen LogP contribution in [0.3, 0.4) is 0 Å². The van der Waals surface area contributed by atoms with Crippen LogP contribution in [0.2, 0.25) is 0 Å². The van der Waals surface area contributed by atoms with Crippen molar-refractivity contribution in [3.05, 3.63) is 36.2 Å². The Kier molecular flexibility index (Phi) is 5.70. The van der Waals surface area contributed by atoms with Gasteiger partial charge in [0.25, 0.3) is 0 Å². The molecule has 1 N–H and O–H groups in total. The van der Waals surface area contributed by atoms with Crippen molar-refractivity contribution in [1.29, 1.82) is 0 Å². The molecule has 2 heterocycles. The summed E-state index contributed by atoms with van der Waals surface area (Å²) < 4.78 is 17.2. The third-order valence-corrected chi connectivity index (χ3v) is 4.00. The third kappa shape index (κ3) is 4.25. The van der Waals surface area contributed by atoms with E-state index in [2.05, 4.69) is 20.6 Å². The monoisotopic (exact) mass is 371 g/mol. The largest absolute Gasteiger partial charge is 0.497 e. The summed E-state index contributed by atoms with van der Waals surface area (Å²) in [5.41, 5.74) is 1.21. The standard InChI is InChI=1S/C18H21N5O4/c1-25-12-7-8-14(26-2)13(11-12)19-17(24)6-4-5-15-20-21-16-9-10-18(27-3)22-23(15)16/h7-11H,4-6H2,1-3H3,(H,19,24). The van der Waals surface area contributed by atoms with Gasteiger partial charge in [0.05, 0.1) is 27.0 Å². The summed E-state index contributed by atoms with van der Waals surface area (Å²) in [6.07, 6.45) is 1.47. The zero-order valence-electron chi connectivity index (χ0n) is 15.4. The van der Waals surface area contributed by atoms with Gasteiger partial charge < -0.3 is 19.5 Å². The number of aromatic nitrogens is 4. The van der Waals surface area contributed by atoms with Crippen LogP contribution in [0.25, 0.3) is 5.65 Å². The molecule has 0 bridgehead atoms. The van der Waals surface area contributed by atoms with Crippen LogP contribution in [-0.2, 0) is 11.2 Å². The third-order valence-electron chi connectivity index (χ3n) is 4.00. The number of hydrogen-bond donors (Lipinski definition) is 1. The SMILES string of the molecule is COc1ccc(OC)c(NC(=O)CCCc2nnc3ccc(OC)nn23)c1. The summed E-state index contributed by atoms with van der Waals surface area (Å²) in [4.78, 5) is 12.3. The number of aryl methyl sites for hydroxylation is 1. The van der Waals surface area contributed by atoms with Gasteiger partial charge >= 0.3 is 0 Å². The van der Waals surface area contributed by atoms with E-state index >= 15 is 0 Å². The van der Waals surface area contributed by atoms with E-state index in [0.717, 1.165) is 0 Å². The molecule has 0 aliphatic heterocycles. The average molecular weight is 371 g/mol. The number of anilines is 1. The van der Waals surface area contributed by atoms with E-state index in [4.69, 9.17) is 14.2 Å². The summed E-state index contributed by atoms with van der Waals surface area (Å²) in [7, 11) is 4.67. The van der Waals surface area contributed by atoms with Crippen molar-refractivity contribution in [3.63, 3.8) is 0 Å². The molecule has 0 saturated heterocycles. The Hall–Kier alpha value is -3.36. The Labute approximate surface area is 156 Å². The van der Waals surface area contributed by atoms with Crippen LogP contribution in [0, 0.1) is 0 Å². The average Bonchev–Trinajstić information content (AvgIpc) is 3.10. The highest BCUT2D eigenvalue weighted by Crippen LogP contribution is 2.29. The molecule has 0 aliphatic carbocycles. The van der Waals surface area contributed by atoms with E-state index < -0.39 is 0 Å². The molecule has 2 aromatic heterocycles. The van der Waals surface area contributed by atoms with Crippen molar-refractivity contribution in [2.45, 2.75) is 19.3 Å². The van der Waals surface area contributed by atoms with Gasteiger partial charge in [0.1, 0.15) is 11.5 Å². The van der Waals surface area contributed by atoms with Crippen LogP contribution < -0.4 is 19.5 Å². The second-order valence-corrected chi connectivity index (χ2v) is 5.73. The molecule has 0 radical (unpaired) electrons. The van der Waals surface area contributed by atoms with Crippen molar-refractivity contribution in [2.75, 3.05) is 26.6 Å². The second kappa shape index (κ2) is 8.35. The normalized spacial score (nSPS) is 10.6. The van der Waals surface area contributed by atoms with Gasteiger partial charge in [0.15, 0.2) is 11.5 Å². The molecule has 9 heteroatoms. The van der Waals surface area contributed by atoms with Crippen LogP contribution >= 0.6 is 0 Å². The van der Waals surface area contributed by atoms with Crippen molar-refractivity contribution in [3.8, 4) is 17.4 Å². The number of carbonyl (C=O) groups is 1. The quantitative estimate of drug-likeness (QED) is 0.647. The van der Waals surface area contributed by atoms with Gasteiger partial charge in [-0.05, 0) is 24.6 Å². The molecule has 0 unspecified atom stereocenters. The Balaban J connectivity index is 1.60. The molecule has 0 fully saturated rings. The lowest BCUT2D eigenvalue weighted by Crippen LogP contribution is -2.13. The van der Waals surface area contributed by atoms with E-state index in [9.17, 15) is 4.79 Å². The highest BCUT2D eigenvalue weighted by molar-refractivity contribution is 5.92. The molecule has 0 spiro atoms.